The number of para-hydroxylation sites is 1. The first-order chi connectivity index (χ1) is 21.1. The van der Waals surface area contributed by atoms with E-state index in [0.717, 1.165) is 34.4 Å². The molecule has 0 bridgehead atoms. The van der Waals surface area contributed by atoms with E-state index in [4.69, 9.17) is 24.9 Å². The van der Waals surface area contributed by atoms with Crippen molar-refractivity contribution in [1.82, 2.24) is 24.3 Å². The van der Waals surface area contributed by atoms with Gasteiger partial charge in [-0.3, -0.25) is 9.69 Å². The highest BCUT2D eigenvalue weighted by molar-refractivity contribution is 6.06. The second-order valence-electron chi connectivity index (χ2n) is 11.4. The quantitative estimate of drug-likeness (QED) is 0.200. The summed E-state index contributed by atoms with van der Waals surface area (Å²) in [7, 11) is 4.94. The van der Waals surface area contributed by atoms with Gasteiger partial charge in [0.25, 0.3) is 0 Å². The lowest BCUT2D eigenvalue weighted by Crippen LogP contribution is -2.40. The predicted octanol–water partition coefficient (Wildman–Crippen LogP) is 4.06. The number of carbonyl (C=O) groups is 2. The van der Waals surface area contributed by atoms with Crippen LogP contribution >= 0.6 is 0 Å². The number of imidazole rings is 1. The van der Waals surface area contributed by atoms with E-state index in [2.05, 4.69) is 9.55 Å². The molecular formula is C33H44N6O5. The molecule has 0 atom stereocenters. The average molecular weight is 605 g/mol. The molecule has 0 aliphatic rings. The standard InChI is InChI=1S/C33H44N6O5/c1-7-37(4)22-28(40)38(21-23-12-10-13-24(20-23)44-33(2,3)32(41)43-6)17-11-18-39-27(16-19-42-5)36-29-30(39)25-14-8-9-15-26(25)35-31(29)34/h8-10,12-15,20H,7,11,16-19,21-22H2,1-6H3,(H2,34,35). The number of aryl methyl sites for hydroxylation is 1. The summed E-state index contributed by atoms with van der Waals surface area (Å²) in [5.74, 6) is 1.36. The maximum atomic E-state index is 13.5. The van der Waals surface area contributed by atoms with E-state index in [1.165, 1.54) is 7.11 Å². The second kappa shape index (κ2) is 14.5. The number of hydrogen-bond acceptors (Lipinski definition) is 9. The lowest BCUT2D eigenvalue weighted by Gasteiger charge is -2.27. The molecule has 44 heavy (non-hydrogen) atoms. The highest BCUT2D eigenvalue weighted by Crippen LogP contribution is 2.29. The smallest absolute Gasteiger partial charge is 0.349 e. The van der Waals surface area contributed by atoms with Crippen LogP contribution in [-0.2, 0) is 38.6 Å². The first-order valence-corrected chi connectivity index (χ1v) is 14.9. The Bertz CT molecular complexity index is 1600. The number of likely N-dealkylation sites (N-methyl/N-ethyl adjacent to an activating group) is 1. The average Bonchev–Trinajstić information content (AvgIpc) is 3.38. The van der Waals surface area contributed by atoms with Crippen LogP contribution in [0.5, 0.6) is 5.75 Å². The van der Waals surface area contributed by atoms with E-state index in [9.17, 15) is 9.59 Å². The van der Waals surface area contributed by atoms with Gasteiger partial charge >= 0.3 is 5.97 Å². The van der Waals surface area contributed by atoms with Crippen molar-refractivity contribution in [2.45, 2.75) is 52.3 Å². The van der Waals surface area contributed by atoms with E-state index in [-0.39, 0.29) is 5.91 Å². The van der Waals surface area contributed by atoms with E-state index in [0.29, 0.717) is 62.7 Å². The van der Waals surface area contributed by atoms with Crippen LogP contribution in [0, 0.1) is 0 Å². The molecule has 0 saturated carbocycles. The van der Waals surface area contributed by atoms with Crippen molar-refractivity contribution in [3.05, 3.63) is 59.9 Å². The Morgan fingerprint density at radius 1 is 1.07 bits per heavy atom. The molecule has 4 aromatic rings. The summed E-state index contributed by atoms with van der Waals surface area (Å²) in [4.78, 5) is 39.0. The fourth-order valence-electron chi connectivity index (χ4n) is 5.19. The zero-order valence-corrected chi connectivity index (χ0v) is 26.6. The van der Waals surface area contributed by atoms with Gasteiger partial charge in [-0.2, -0.15) is 0 Å². The van der Waals surface area contributed by atoms with Crippen molar-refractivity contribution in [1.29, 1.82) is 0 Å². The van der Waals surface area contributed by atoms with Gasteiger partial charge in [-0.25, -0.2) is 14.8 Å². The van der Waals surface area contributed by atoms with Crippen LogP contribution < -0.4 is 10.5 Å². The number of hydrogen-bond donors (Lipinski definition) is 1. The van der Waals surface area contributed by atoms with E-state index in [1.807, 2.05) is 66.2 Å². The van der Waals surface area contributed by atoms with Gasteiger partial charge in [0.2, 0.25) is 5.91 Å². The minimum Gasteiger partial charge on any atom is -0.476 e. The Morgan fingerprint density at radius 3 is 2.57 bits per heavy atom. The number of fused-ring (bicyclic) bond motifs is 3. The molecule has 11 heteroatoms. The number of nitrogen functional groups attached to an aromatic ring is 1. The first-order valence-electron chi connectivity index (χ1n) is 14.9. The van der Waals surface area contributed by atoms with Gasteiger partial charge in [-0.1, -0.05) is 37.3 Å². The Morgan fingerprint density at radius 2 is 1.84 bits per heavy atom. The second-order valence-corrected chi connectivity index (χ2v) is 11.4. The fraction of sp³-hybridized carbons (Fsp3) is 0.455. The van der Waals surface area contributed by atoms with Crippen molar-refractivity contribution >= 4 is 39.6 Å². The van der Waals surface area contributed by atoms with Gasteiger partial charge < -0.3 is 29.4 Å². The Hall–Kier alpha value is -4.22. The monoisotopic (exact) mass is 604 g/mol. The molecule has 0 aliphatic heterocycles. The topological polar surface area (TPSA) is 125 Å². The minimum absolute atomic E-state index is 0.0320. The Kier molecular flexibility index (Phi) is 10.8. The summed E-state index contributed by atoms with van der Waals surface area (Å²) < 4.78 is 18.4. The maximum absolute atomic E-state index is 13.5. The molecule has 1 amide bonds. The van der Waals surface area contributed by atoms with E-state index >= 15 is 0 Å². The number of methoxy groups -OCH3 is 2. The van der Waals surface area contributed by atoms with Crippen LogP contribution in [0.2, 0.25) is 0 Å². The zero-order chi connectivity index (χ0) is 31.9. The molecule has 236 valence electrons. The van der Waals surface area contributed by atoms with Gasteiger partial charge in [-0.15, -0.1) is 0 Å². The van der Waals surface area contributed by atoms with Crippen molar-refractivity contribution < 1.29 is 23.8 Å². The number of ether oxygens (including phenoxy) is 3. The fourth-order valence-corrected chi connectivity index (χ4v) is 5.19. The van der Waals surface area contributed by atoms with Crippen LogP contribution in [0.25, 0.3) is 21.9 Å². The van der Waals surface area contributed by atoms with Gasteiger partial charge in [0, 0.05) is 38.6 Å². The van der Waals surface area contributed by atoms with Gasteiger partial charge in [0.1, 0.15) is 17.1 Å². The number of nitrogens with zero attached hydrogens (tertiary/aromatic N) is 5. The Balaban J connectivity index is 1.59. The summed E-state index contributed by atoms with van der Waals surface area (Å²) in [6, 6.07) is 15.4. The van der Waals surface area contributed by atoms with E-state index in [1.54, 1.807) is 27.0 Å². The normalized spacial score (nSPS) is 11.8. The summed E-state index contributed by atoms with van der Waals surface area (Å²) >= 11 is 0. The number of aromatic nitrogens is 3. The molecule has 2 aromatic carbocycles. The number of carbonyl (C=O) groups excluding carboxylic acids is 2. The lowest BCUT2D eigenvalue weighted by molar-refractivity contribution is -0.156. The van der Waals surface area contributed by atoms with E-state index < -0.39 is 11.6 Å². The molecule has 0 aliphatic carbocycles. The lowest BCUT2D eigenvalue weighted by atomic mass is 10.1. The SMILES string of the molecule is CCN(C)CC(=O)N(CCCn1c(CCOC)nc2c(N)nc3ccccc3c21)Cc1cccc(OC(C)(C)C(=O)OC)c1. The third-order valence-corrected chi connectivity index (χ3v) is 7.65. The van der Waals surface area contributed by atoms with Crippen LogP contribution in [0.15, 0.2) is 48.5 Å². The predicted molar refractivity (Wildman–Crippen MR) is 171 cm³/mol. The molecule has 4 rings (SSSR count). The largest absolute Gasteiger partial charge is 0.476 e. The summed E-state index contributed by atoms with van der Waals surface area (Å²) in [5, 5.41) is 0.983. The van der Waals surface area contributed by atoms with Crippen molar-refractivity contribution in [3.8, 4) is 5.75 Å². The van der Waals surface area contributed by atoms with Gasteiger partial charge in [0.15, 0.2) is 11.4 Å². The molecule has 11 nitrogen and oxygen atoms in total. The Labute approximate surface area is 258 Å². The molecule has 0 radical (unpaired) electrons. The maximum Gasteiger partial charge on any atom is 0.349 e. The number of nitrogens with two attached hydrogens (primary N) is 1. The van der Waals surface area contributed by atoms with Gasteiger partial charge in [-0.05, 0) is 57.6 Å². The molecule has 2 heterocycles. The molecule has 0 fully saturated rings. The highest BCUT2D eigenvalue weighted by Gasteiger charge is 2.31. The third kappa shape index (κ3) is 7.64. The molecule has 2 N–H and O–H groups in total. The summed E-state index contributed by atoms with van der Waals surface area (Å²) in [6.07, 6.45) is 1.31. The number of benzene rings is 2. The van der Waals surface area contributed by atoms with Crippen LogP contribution in [-0.4, -0.2) is 89.3 Å². The third-order valence-electron chi connectivity index (χ3n) is 7.65. The number of amides is 1. The van der Waals surface area contributed by atoms with Crippen LogP contribution in [0.3, 0.4) is 0 Å². The van der Waals surface area contributed by atoms with Crippen molar-refractivity contribution in [2.24, 2.45) is 0 Å². The summed E-state index contributed by atoms with van der Waals surface area (Å²) in [6.45, 7) is 8.49. The van der Waals surface area contributed by atoms with Crippen molar-refractivity contribution in [2.75, 3.05) is 53.2 Å². The molecule has 2 aromatic heterocycles. The highest BCUT2D eigenvalue weighted by atomic mass is 16.6. The number of rotatable bonds is 15. The zero-order valence-electron chi connectivity index (χ0n) is 26.6. The number of pyridine rings is 1. The van der Waals surface area contributed by atoms with Crippen LogP contribution in [0.1, 0.15) is 38.6 Å². The minimum atomic E-state index is -1.15. The first kappa shape index (κ1) is 32.7. The van der Waals surface area contributed by atoms with Crippen LogP contribution in [0.4, 0.5) is 5.82 Å². The number of esters is 1. The number of anilines is 1. The van der Waals surface area contributed by atoms with Gasteiger partial charge in [0.05, 0.1) is 31.3 Å². The summed E-state index contributed by atoms with van der Waals surface area (Å²) in [5.41, 5.74) is 8.55. The van der Waals surface area contributed by atoms with Crippen molar-refractivity contribution in [3.63, 3.8) is 0 Å². The molecule has 0 spiro atoms. The molecule has 0 unspecified atom stereocenters. The molecule has 0 saturated heterocycles. The molecular weight excluding hydrogens is 560 g/mol.